The maximum Gasteiger partial charge on any atom is 0.310 e. The Morgan fingerprint density at radius 2 is 0.575 bits per heavy atom. The van der Waals surface area contributed by atoms with Crippen LogP contribution in [-0.4, -0.2) is 37.2 Å². The molecule has 0 heterocycles. The van der Waals surface area contributed by atoms with E-state index < -0.39 is 12.1 Å². The van der Waals surface area contributed by atoms with E-state index in [1.165, 1.54) is 70.6 Å². The van der Waals surface area contributed by atoms with E-state index in [2.05, 4.69) is 154 Å². The van der Waals surface area contributed by atoms with Crippen molar-refractivity contribution in [2.24, 2.45) is 0 Å². The quantitative estimate of drug-likeness (QED) is 0.0261. The average molecular weight is 1010 g/mol. The zero-order chi connectivity index (χ0) is 52.9. The Hall–Kier alpha value is -4.71. The highest BCUT2D eigenvalue weighted by molar-refractivity contribution is 5.72. The van der Waals surface area contributed by atoms with Gasteiger partial charge < -0.3 is 14.2 Å². The van der Waals surface area contributed by atoms with Crippen LogP contribution in [0.2, 0.25) is 0 Å². The van der Waals surface area contributed by atoms with E-state index in [4.69, 9.17) is 14.2 Å². The van der Waals surface area contributed by atoms with Gasteiger partial charge in [-0.15, -0.1) is 0 Å². The molecule has 73 heavy (non-hydrogen) atoms. The molecule has 0 aromatic rings. The predicted octanol–water partition coefficient (Wildman–Crippen LogP) is 20.0. The first-order valence-electron chi connectivity index (χ1n) is 29.3. The van der Waals surface area contributed by atoms with Gasteiger partial charge in [0, 0.05) is 12.8 Å². The summed E-state index contributed by atoms with van der Waals surface area (Å²) in [6.07, 6.45) is 85.8. The van der Waals surface area contributed by atoms with E-state index in [9.17, 15) is 14.4 Å². The number of ether oxygens (including phenoxy) is 3. The molecule has 0 bridgehead atoms. The molecule has 0 rings (SSSR count). The first-order valence-corrected chi connectivity index (χ1v) is 29.3. The molecule has 1 atom stereocenters. The summed E-state index contributed by atoms with van der Waals surface area (Å²) in [5.74, 6) is -1.08. The van der Waals surface area contributed by atoms with E-state index >= 15 is 0 Å². The van der Waals surface area contributed by atoms with E-state index in [0.717, 1.165) is 122 Å². The first-order chi connectivity index (χ1) is 36.0. The van der Waals surface area contributed by atoms with Crippen molar-refractivity contribution in [3.8, 4) is 0 Å². The standard InChI is InChI=1S/C67H106O6/c1-4-7-10-13-16-19-22-25-27-28-29-30-31-32-33-34-35-36-37-38-40-42-45-48-51-54-57-60-66(69)72-63-64(62-71-65(68)59-56-53-50-47-44-41-24-21-18-15-12-9-6-3)73-67(70)61-58-55-52-49-46-43-39-26-23-20-17-14-11-8-5-2/h7-8,10-11,16-17,19-21,24-27,29-30,32-33,35-36,39,46,49,55,58,64H,4-6,9,12-15,18,22-23,28,31,34,37-38,40-45,47-48,50-54,56-57,59-63H2,1-3H3/b10-7-,11-8-,19-16-,20-17-,24-21-,27-25-,30-29-,33-32-,36-35-,39-26-,49-46-,58-55-. The van der Waals surface area contributed by atoms with Crippen molar-refractivity contribution in [2.75, 3.05) is 13.2 Å². The third-order valence-electron chi connectivity index (χ3n) is 11.8. The van der Waals surface area contributed by atoms with Crippen molar-refractivity contribution in [3.05, 3.63) is 146 Å². The summed E-state index contributed by atoms with van der Waals surface area (Å²) < 4.78 is 16.7. The van der Waals surface area contributed by atoms with Gasteiger partial charge in [0.15, 0.2) is 6.10 Å². The van der Waals surface area contributed by atoms with Crippen LogP contribution >= 0.6 is 0 Å². The molecule has 6 nitrogen and oxygen atoms in total. The monoisotopic (exact) mass is 1010 g/mol. The Morgan fingerprint density at radius 3 is 0.918 bits per heavy atom. The van der Waals surface area contributed by atoms with E-state index in [1.807, 2.05) is 6.08 Å². The summed E-state index contributed by atoms with van der Waals surface area (Å²) in [5.41, 5.74) is 0. The van der Waals surface area contributed by atoms with Crippen molar-refractivity contribution < 1.29 is 28.6 Å². The van der Waals surface area contributed by atoms with Gasteiger partial charge in [-0.25, -0.2) is 0 Å². The smallest absolute Gasteiger partial charge is 0.310 e. The summed E-state index contributed by atoms with van der Waals surface area (Å²) in [6, 6.07) is 0. The molecule has 6 heteroatoms. The maximum absolute atomic E-state index is 12.8. The number of carbonyl (C=O) groups excluding carboxylic acids is 3. The molecular formula is C67H106O6. The summed E-state index contributed by atoms with van der Waals surface area (Å²) >= 11 is 0. The number of unbranched alkanes of at least 4 members (excludes halogenated alkanes) is 17. The molecule has 1 unspecified atom stereocenters. The number of hydrogen-bond donors (Lipinski definition) is 0. The van der Waals surface area contributed by atoms with Crippen molar-refractivity contribution in [3.63, 3.8) is 0 Å². The number of allylic oxidation sites excluding steroid dienone is 23. The molecule has 0 fully saturated rings. The lowest BCUT2D eigenvalue weighted by atomic mass is 10.1. The Bertz CT molecular complexity index is 1630. The molecule has 0 radical (unpaired) electrons. The highest BCUT2D eigenvalue weighted by atomic mass is 16.6. The Kier molecular flexibility index (Phi) is 56.0. The molecule has 0 aliphatic carbocycles. The normalized spacial score (nSPS) is 13.2. The molecular weight excluding hydrogens is 901 g/mol. The van der Waals surface area contributed by atoms with Gasteiger partial charge in [-0.1, -0.05) is 244 Å². The molecule has 0 N–H and O–H groups in total. The van der Waals surface area contributed by atoms with Crippen LogP contribution in [0.1, 0.15) is 239 Å². The van der Waals surface area contributed by atoms with Crippen molar-refractivity contribution in [2.45, 2.75) is 245 Å². The minimum atomic E-state index is -0.845. The maximum atomic E-state index is 12.8. The lowest BCUT2D eigenvalue weighted by molar-refractivity contribution is -0.166. The van der Waals surface area contributed by atoms with Gasteiger partial charge in [-0.3, -0.25) is 14.4 Å². The molecule has 0 spiro atoms. The van der Waals surface area contributed by atoms with Gasteiger partial charge in [0.1, 0.15) is 13.2 Å². The minimum absolute atomic E-state index is 0.0874. The van der Waals surface area contributed by atoms with Gasteiger partial charge in [0.05, 0.1) is 6.42 Å². The Balaban J connectivity index is 4.43. The fourth-order valence-electron chi connectivity index (χ4n) is 7.51. The van der Waals surface area contributed by atoms with Gasteiger partial charge in [-0.2, -0.15) is 0 Å². The van der Waals surface area contributed by atoms with E-state index in [1.54, 1.807) is 6.08 Å². The van der Waals surface area contributed by atoms with Gasteiger partial charge in [0.2, 0.25) is 0 Å². The van der Waals surface area contributed by atoms with E-state index in [-0.39, 0.29) is 31.6 Å². The Morgan fingerprint density at radius 1 is 0.301 bits per heavy atom. The van der Waals surface area contributed by atoms with Gasteiger partial charge in [-0.05, 0) is 122 Å². The van der Waals surface area contributed by atoms with Crippen molar-refractivity contribution in [1.82, 2.24) is 0 Å². The zero-order valence-corrected chi connectivity index (χ0v) is 46.8. The molecule has 0 saturated heterocycles. The van der Waals surface area contributed by atoms with Crippen molar-refractivity contribution in [1.29, 1.82) is 0 Å². The molecule has 0 aromatic heterocycles. The van der Waals surface area contributed by atoms with Crippen LogP contribution in [0, 0.1) is 0 Å². The average Bonchev–Trinajstić information content (AvgIpc) is 3.39. The molecule has 0 aromatic carbocycles. The van der Waals surface area contributed by atoms with E-state index in [0.29, 0.717) is 19.3 Å². The summed E-state index contributed by atoms with van der Waals surface area (Å²) in [7, 11) is 0. The van der Waals surface area contributed by atoms with Crippen LogP contribution in [0.3, 0.4) is 0 Å². The second-order valence-electron chi connectivity index (χ2n) is 18.8. The number of carbonyl (C=O) groups is 3. The number of hydrogen-bond acceptors (Lipinski definition) is 6. The van der Waals surface area contributed by atoms with Crippen molar-refractivity contribution >= 4 is 17.9 Å². The SMILES string of the molecule is CC/C=C\C/C=C\C/C=C\C/C=C\C/C=C\C/C=C\CCCCCCCCCCC(=O)OCC(COC(=O)CCCCCCC/C=C\CCCCCC)OC(=O)C/C=C\C/C=C\C/C=C\C/C=C\C/C=C\CC. The first kappa shape index (κ1) is 68.3. The highest BCUT2D eigenvalue weighted by Crippen LogP contribution is 2.13. The molecule has 0 aliphatic heterocycles. The number of rotatable bonds is 51. The highest BCUT2D eigenvalue weighted by Gasteiger charge is 2.19. The minimum Gasteiger partial charge on any atom is -0.462 e. The van der Waals surface area contributed by atoms with Crippen LogP contribution in [0.4, 0.5) is 0 Å². The number of esters is 3. The van der Waals surface area contributed by atoms with Crippen LogP contribution in [0.15, 0.2) is 146 Å². The summed E-state index contributed by atoms with van der Waals surface area (Å²) in [6.45, 7) is 6.28. The molecule has 0 aliphatic rings. The topological polar surface area (TPSA) is 78.9 Å². The second kappa shape index (κ2) is 59.8. The predicted molar refractivity (Wildman–Crippen MR) is 315 cm³/mol. The van der Waals surface area contributed by atoms with Crippen LogP contribution in [0.25, 0.3) is 0 Å². The summed E-state index contributed by atoms with van der Waals surface area (Å²) in [5, 5.41) is 0. The van der Waals surface area contributed by atoms with Gasteiger partial charge in [0.25, 0.3) is 0 Å². The Labute approximate surface area is 448 Å². The lowest BCUT2D eigenvalue weighted by Gasteiger charge is -2.18. The van der Waals surface area contributed by atoms with Crippen LogP contribution in [0.5, 0.6) is 0 Å². The third-order valence-corrected chi connectivity index (χ3v) is 11.8. The molecule has 410 valence electrons. The van der Waals surface area contributed by atoms with Crippen LogP contribution in [-0.2, 0) is 28.6 Å². The second-order valence-corrected chi connectivity index (χ2v) is 18.8. The fourth-order valence-corrected chi connectivity index (χ4v) is 7.51. The summed E-state index contributed by atoms with van der Waals surface area (Å²) in [4.78, 5) is 38.1. The largest absolute Gasteiger partial charge is 0.462 e. The third kappa shape index (κ3) is 58.1. The zero-order valence-electron chi connectivity index (χ0n) is 46.8. The van der Waals surface area contributed by atoms with Crippen LogP contribution < -0.4 is 0 Å². The molecule has 0 saturated carbocycles. The lowest BCUT2D eigenvalue weighted by Crippen LogP contribution is -2.30. The fraction of sp³-hybridized carbons (Fsp3) is 0.597. The molecule has 0 amide bonds. The van der Waals surface area contributed by atoms with Gasteiger partial charge >= 0.3 is 17.9 Å².